The molecule has 0 aliphatic rings. The molecule has 3 nitrogen and oxygen atoms in total. The predicted molar refractivity (Wildman–Crippen MR) is 58.0 cm³/mol. The zero-order valence-electron chi connectivity index (χ0n) is 8.66. The Morgan fingerprint density at radius 3 is 2.64 bits per heavy atom. The van der Waals surface area contributed by atoms with Crippen LogP contribution in [0.4, 0.5) is 5.69 Å². The van der Waals surface area contributed by atoms with Gasteiger partial charge in [0.1, 0.15) is 0 Å². The summed E-state index contributed by atoms with van der Waals surface area (Å²) in [6, 6.07) is 7.69. The molecule has 2 N–H and O–H groups in total. The second-order valence-corrected chi connectivity index (χ2v) is 3.14. The van der Waals surface area contributed by atoms with Crippen molar-refractivity contribution in [2.75, 3.05) is 11.9 Å². The SMILES string of the molecule is CCC(=O)N(C)c1ccccc1CN. The summed E-state index contributed by atoms with van der Waals surface area (Å²) in [5.74, 6) is 0.103. The lowest BCUT2D eigenvalue weighted by molar-refractivity contribution is -0.118. The van der Waals surface area contributed by atoms with Gasteiger partial charge in [0.25, 0.3) is 0 Å². The maximum absolute atomic E-state index is 11.5. The highest BCUT2D eigenvalue weighted by molar-refractivity contribution is 5.93. The van der Waals surface area contributed by atoms with E-state index in [0.29, 0.717) is 13.0 Å². The van der Waals surface area contributed by atoms with Crippen LogP contribution in [0.2, 0.25) is 0 Å². The molecular formula is C11H16N2O. The minimum atomic E-state index is 0.103. The second kappa shape index (κ2) is 4.77. The number of nitrogens with zero attached hydrogens (tertiary/aromatic N) is 1. The number of carbonyl (C=O) groups excluding carboxylic acids is 1. The van der Waals surface area contributed by atoms with E-state index in [-0.39, 0.29) is 5.91 Å². The van der Waals surface area contributed by atoms with E-state index in [1.165, 1.54) is 0 Å². The number of benzene rings is 1. The highest BCUT2D eigenvalue weighted by Crippen LogP contribution is 2.18. The van der Waals surface area contributed by atoms with Gasteiger partial charge in [-0.3, -0.25) is 4.79 Å². The largest absolute Gasteiger partial charge is 0.326 e. The Bertz CT molecular complexity index is 323. The van der Waals surface area contributed by atoms with Crippen LogP contribution in [-0.2, 0) is 11.3 Å². The van der Waals surface area contributed by atoms with Gasteiger partial charge in [-0.05, 0) is 11.6 Å². The van der Waals surface area contributed by atoms with Crippen molar-refractivity contribution in [2.45, 2.75) is 19.9 Å². The van der Waals surface area contributed by atoms with E-state index < -0.39 is 0 Å². The predicted octanol–water partition coefficient (Wildman–Crippen LogP) is 1.52. The van der Waals surface area contributed by atoms with Crippen LogP contribution in [0.15, 0.2) is 24.3 Å². The van der Waals surface area contributed by atoms with Gasteiger partial charge in [-0.15, -0.1) is 0 Å². The fourth-order valence-corrected chi connectivity index (χ4v) is 1.38. The van der Waals surface area contributed by atoms with E-state index in [4.69, 9.17) is 5.73 Å². The van der Waals surface area contributed by atoms with Crippen LogP contribution in [0.3, 0.4) is 0 Å². The first-order chi connectivity index (χ1) is 6.70. The van der Waals surface area contributed by atoms with Crippen LogP contribution in [-0.4, -0.2) is 13.0 Å². The van der Waals surface area contributed by atoms with Gasteiger partial charge < -0.3 is 10.6 Å². The molecule has 0 bridgehead atoms. The van der Waals surface area contributed by atoms with Gasteiger partial charge >= 0.3 is 0 Å². The van der Waals surface area contributed by atoms with Gasteiger partial charge in [0.05, 0.1) is 0 Å². The first-order valence-corrected chi connectivity index (χ1v) is 4.75. The summed E-state index contributed by atoms with van der Waals surface area (Å²) < 4.78 is 0. The molecule has 0 heterocycles. The number of carbonyl (C=O) groups is 1. The summed E-state index contributed by atoms with van der Waals surface area (Å²) >= 11 is 0. The molecule has 0 aliphatic carbocycles. The van der Waals surface area contributed by atoms with Gasteiger partial charge in [-0.25, -0.2) is 0 Å². The number of hydrogen-bond acceptors (Lipinski definition) is 2. The lowest BCUT2D eigenvalue weighted by Crippen LogP contribution is -2.26. The van der Waals surface area contributed by atoms with Crippen molar-refractivity contribution < 1.29 is 4.79 Å². The Balaban J connectivity index is 2.99. The quantitative estimate of drug-likeness (QED) is 0.789. The minimum absolute atomic E-state index is 0.103. The molecule has 14 heavy (non-hydrogen) atoms. The van der Waals surface area contributed by atoms with E-state index in [2.05, 4.69) is 0 Å². The molecule has 0 saturated heterocycles. The fourth-order valence-electron chi connectivity index (χ4n) is 1.38. The van der Waals surface area contributed by atoms with Crippen molar-refractivity contribution >= 4 is 11.6 Å². The van der Waals surface area contributed by atoms with Crippen molar-refractivity contribution in [3.63, 3.8) is 0 Å². The van der Waals surface area contributed by atoms with Crippen LogP contribution in [0.25, 0.3) is 0 Å². The molecule has 0 fully saturated rings. The molecule has 76 valence electrons. The van der Waals surface area contributed by atoms with Crippen molar-refractivity contribution in [3.05, 3.63) is 29.8 Å². The Morgan fingerprint density at radius 2 is 2.07 bits per heavy atom. The molecule has 1 aromatic rings. The van der Waals surface area contributed by atoms with Crippen LogP contribution >= 0.6 is 0 Å². The molecule has 0 atom stereocenters. The van der Waals surface area contributed by atoms with Gasteiger partial charge in [-0.1, -0.05) is 25.1 Å². The summed E-state index contributed by atoms with van der Waals surface area (Å²) in [4.78, 5) is 13.1. The molecule has 1 rings (SSSR count). The molecular weight excluding hydrogens is 176 g/mol. The van der Waals surface area contributed by atoms with Crippen molar-refractivity contribution in [1.29, 1.82) is 0 Å². The van der Waals surface area contributed by atoms with E-state index in [1.807, 2.05) is 31.2 Å². The first kappa shape index (κ1) is 10.7. The standard InChI is InChI=1S/C11H16N2O/c1-3-11(14)13(2)10-7-5-4-6-9(10)8-12/h4-7H,3,8,12H2,1-2H3. The Morgan fingerprint density at radius 1 is 1.43 bits per heavy atom. The monoisotopic (exact) mass is 192 g/mol. The summed E-state index contributed by atoms with van der Waals surface area (Å²) in [5.41, 5.74) is 7.49. The van der Waals surface area contributed by atoms with Gasteiger partial charge in [0.2, 0.25) is 5.91 Å². The summed E-state index contributed by atoms with van der Waals surface area (Å²) in [5, 5.41) is 0. The fraction of sp³-hybridized carbons (Fsp3) is 0.364. The molecule has 0 aromatic heterocycles. The number of rotatable bonds is 3. The highest BCUT2D eigenvalue weighted by atomic mass is 16.2. The van der Waals surface area contributed by atoms with Crippen LogP contribution < -0.4 is 10.6 Å². The number of amides is 1. The molecule has 0 radical (unpaired) electrons. The summed E-state index contributed by atoms with van der Waals surface area (Å²) in [7, 11) is 1.78. The van der Waals surface area contributed by atoms with Crippen molar-refractivity contribution in [3.8, 4) is 0 Å². The number of anilines is 1. The minimum Gasteiger partial charge on any atom is -0.326 e. The Hall–Kier alpha value is -1.35. The van der Waals surface area contributed by atoms with E-state index in [0.717, 1.165) is 11.3 Å². The average molecular weight is 192 g/mol. The zero-order chi connectivity index (χ0) is 10.6. The molecule has 0 spiro atoms. The molecule has 1 amide bonds. The van der Waals surface area contributed by atoms with E-state index in [1.54, 1.807) is 11.9 Å². The molecule has 0 unspecified atom stereocenters. The van der Waals surface area contributed by atoms with E-state index >= 15 is 0 Å². The Kier molecular flexibility index (Phi) is 3.65. The maximum Gasteiger partial charge on any atom is 0.226 e. The van der Waals surface area contributed by atoms with Crippen molar-refractivity contribution in [2.24, 2.45) is 5.73 Å². The Labute approximate surface area is 84.5 Å². The van der Waals surface area contributed by atoms with Gasteiger partial charge in [0.15, 0.2) is 0 Å². The molecule has 0 saturated carbocycles. The summed E-state index contributed by atoms with van der Waals surface area (Å²) in [6.07, 6.45) is 0.509. The highest BCUT2D eigenvalue weighted by Gasteiger charge is 2.10. The van der Waals surface area contributed by atoms with Crippen LogP contribution in [0.1, 0.15) is 18.9 Å². The lowest BCUT2D eigenvalue weighted by Gasteiger charge is -2.19. The van der Waals surface area contributed by atoms with E-state index in [9.17, 15) is 4.79 Å². The topological polar surface area (TPSA) is 46.3 Å². The number of hydrogen-bond donors (Lipinski definition) is 1. The normalized spacial score (nSPS) is 9.93. The second-order valence-electron chi connectivity index (χ2n) is 3.14. The maximum atomic E-state index is 11.5. The third kappa shape index (κ3) is 2.12. The number of para-hydroxylation sites is 1. The smallest absolute Gasteiger partial charge is 0.226 e. The average Bonchev–Trinajstić information content (AvgIpc) is 2.26. The third-order valence-corrected chi connectivity index (χ3v) is 2.25. The number of nitrogens with two attached hydrogens (primary N) is 1. The lowest BCUT2D eigenvalue weighted by atomic mass is 10.1. The van der Waals surface area contributed by atoms with Crippen LogP contribution in [0, 0.1) is 0 Å². The molecule has 0 aliphatic heterocycles. The van der Waals surface area contributed by atoms with Crippen LogP contribution in [0.5, 0.6) is 0 Å². The van der Waals surface area contributed by atoms with Gasteiger partial charge in [0, 0.05) is 25.7 Å². The van der Waals surface area contributed by atoms with Crippen molar-refractivity contribution in [1.82, 2.24) is 0 Å². The molecule has 3 heteroatoms. The zero-order valence-corrected chi connectivity index (χ0v) is 8.66. The van der Waals surface area contributed by atoms with Gasteiger partial charge in [-0.2, -0.15) is 0 Å². The first-order valence-electron chi connectivity index (χ1n) is 4.75. The summed E-state index contributed by atoms with van der Waals surface area (Å²) in [6.45, 7) is 2.31. The molecule has 1 aromatic carbocycles. The third-order valence-electron chi connectivity index (χ3n) is 2.25.